The van der Waals surface area contributed by atoms with Gasteiger partial charge in [-0.3, -0.25) is 9.59 Å². The molecule has 3 amide bonds. The second kappa shape index (κ2) is 14.9. The highest BCUT2D eigenvalue weighted by atomic mass is 32.2. The van der Waals surface area contributed by atoms with Crippen LogP contribution in [0.3, 0.4) is 0 Å². The van der Waals surface area contributed by atoms with Crippen molar-refractivity contribution < 1.29 is 50.5 Å². The quantitative estimate of drug-likeness (QED) is 0.0817. The zero-order valence-electron chi connectivity index (χ0n) is 28.9. The Morgan fingerprint density at radius 3 is 2.13 bits per heavy atom. The molecule has 1 aromatic heterocycles. The molecule has 3 aromatic carbocycles. The van der Waals surface area contributed by atoms with Crippen molar-refractivity contribution in [2.75, 3.05) is 13.7 Å². The van der Waals surface area contributed by atoms with E-state index in [0.717, 1.165) is 38.4 Å². The molecule has 0 spiro atoms. The lowest BCUT2D eigenvalue weighted by Gasteiger charge is -2.27. The Morgan fingerprint density at radius 2 is 1.58 bits per heavy atom. The van der Waals surface area contributed by atoms with Gasteiger partial charge in [0.15, 0.2) is 5.69 Å². The summed E-state index contributed by atoms with van der Waals surface area (Å²) in [4.78, 5) is 43.6. The molecule has 19 heteroatoms. The minimum Gasteiger partial charge on any atom is -0.569 e. The molecular weight excluding hydrogens is 723 g/mol. The van der Waals surface area contributed by atoms with Crippen LogP contribution in [-0.2, 0) is 25.8 Å². The third-order valence-electron chi connectivity index (χ3n) is 8.32. The molecule has 4 aromatic rings. The fraction of sp³-hybridized carbons (Fsp3) is 0.294. The van der Waals surface area contributed by atoms with Crippen LogP contribution in [0.25, 0.3) is 16.9 Å². The Bertz CT molecular complexity index is 2120. The molecule has 15 nitrogen and oxygen atoms in total. The average molecular weight is 758 g/mol. The summed E-state index contributed by atoms with van der Waals surface area (Å²) in [5, 5.41) is 20.9. The summed E-state index contributed by atoms with van der Waals surface area (Å²) in [6.45, 7) is 6.08. The lowest BCUT2D eigenvalue weighted by Crippen LogP contribution is -2.45. The molecule has 0 saturated heterocycles. The fourth-order valence-electron chi connectivity index (χ4n) is 5.38. The number of alkyl halides is 3. The lowest BCUT2D eigenvalue weighted by molar-refractivity contribution is -0.715. The summed E-state index contributed by atoms with van der Waals surface area (Å²) in [6.07, 6.45) is -7.36. The first-order valence-electron chi connectivity index (χ1n) is 16.0. The third kappa shape index (κ3) is 8.24. The van der Waals surface area contributed by atoms with Crippen LogP contribution in [0.15, 0.2) is 89.0 Å². The van der Waals surface area contributed by atoms with Crippen LogP contribution in [0.1, 0.15) is 52.7 Å². The average Bonchev–Trinajstić information content (AvgIpc) is 3.67. The lowest BCUT2D eigenvalue weighted by atomic mass is 10.1. The zero-order valence-corrected chi connectivity index (χ0v) is 29.8. The van der Waals surface area contributed by atoms with E-state index in [4.69, 9.17) is 9.57 Å². The van der Waals surface area contributed by atoms with Crippen molar-refractivity contribution in [3.63, 3.8) is 0 Å². The monoisotopic (exact) mass is 757 g/mol. The fourth-order valence-corrected chi connectivity index (χ4v) is 6.27. The summed E-state index contributed by atoms with van der Waals surface area (Å²) in [7, 11) is -3.22. The molecule has 1 N–H and O–H groups in total. The Morgan fingerprint density at radius 1 is 1.00 bits per heavy atom. The van der Waals surface area contributed by atoms with Gasteiger partial charge in [0.05, 0.1) is 39.4 Å². The normalized spacial score (nSPS) is 14.6. The van der Waals surface area contributed by atoms with Crippen molar-refractivity contribution >= 4 is 27.9 Å². The number of ether oxygens (including phenoxy) is 1. The van der Waals surface area contributed by atoms with E-state index < -0.39 is 63.6 Å². The number of sulfonamides is 1. The Balaban J connectivity index is 1.22. The molecule has 1 aliphatic rings. The molecule has 0 bridgehead atoms. The van der Waals surface area contributed by atoms with Crippen LogP contribution in [-0.4, -0.2) is 76.9 Å². The number of amides is 3. The second-order valence-electron chi connectivity index (χ2n) is 12.3. The van der Waals surface area contributed by atoms with E-state index >= 15 is 0 Å². The highest BCUT2D eigenvalue weighted by molar-refractivity contribution is 7.90. The van der Waals surface area contributed by atoms with Crippen molar-refractivity contribution in [2.24, 2.45) is 11.2 Å². The van der Waals surface area contributed by atoms with E-state index in [1.807, 2.05) is 6.92 Å². The molecule has 0 radical (unpaired) electrons. The van der Waals surface area contributed by atoms with Gasteiger partial charge >= 0.3 is 12.3 Å². The number of halogens is 3. The summed E-state index contributed by atoms with van der Waals surface area (Å²) in [5.41, 5.74) is 0.804. The van der Waals surface area contributed by atoms with Gasteiger partial charge in [-0.2, -0.15) is 18.3 Å². The van der Waals surface area contributed by atoms with Crippen LogP contribution in [0, 0.1) is 18.0 Å². The number of aryl methyl sites for hydroxylation is 1. The van der Waals surface area contributed by atoms with Crippen LogP contribution in [0.5, 0.6) is 0 Å². The van der Waals surface area contributed by atoms with Crippen molar-refractivity contribution in [1.82, 2.24) is 24.4 Å². The first-order chi connectivity index (χ1) is 24.9. The topological polar surface area (TPSA) is 179 Å². The number of carbonyl (C=O) groups is 3. The molecule has 5 rings (SSSR count). The van der Waals surface area contributed by atoms with Gasteiger partial charge in [0.2, 0.25) is 11.5 Å². The highest BCUT2D eigenvalue weighted by Gasteiger charge is 2.40. The van der Waals surface area contributed by atoms with Crippen molar-refractivity contribution in [3.05, 3.63) is 106 Å². The number of hydrogen-bond acceptors (Lipinski definition) is 10. The maximum Gasteiger partial charge on any atom is 0.435 e. The highest BCUT2D eigenvalue weighted by Crippen LogP contribution is 2.33. The van der Waals surface area contributed by atoms with Gasteiger partial charge in [0, 0.05) is 5.56 Å². The van der Waals surface area contributed by atoms with Crippen molar-refractivity contribution in [2.45, 2.75) is 51.0 Å². The minimum atomic E-state index is -4.74. The van der Waals surface area contributed by atoms with E-state index in [9.17, 15) is 41.2 Å². The Kier molecular flexibility index (Phi) is 10.8. The molecule has 0 fully saturated rings. The molecule has 53 heavy (non-hydrogen) atoms. The summed E-state index contributed by atoms with van der Waals surface area (Å²) in [6, 6.07) is 17.6. The number of fused-ring (bicyclic) bond motifs is 1. The number of hydrogen-bond donors (Lipinski definition) is 1. The summed E-state index contributed by atoms with van der Waals surface area (Å²) in [5.74, 6) is -1.59. The van der Waals surface area contributed by atoms with Gasteiger partial charge in [-0.15, -0.1) is 5.01 Å². The number of imide groups is 1. The molecule has 1 aliphatic heterocycles. The second-order valence-corrected chi connectivity index (χ2v) is 14.0. The number of aromatic nitrogens is 2. The molecule has 0 aliphatic carbocycles. The van der Waals surface area contributed by atoms with Crippen molar-refractivity contribution in [1.29, 1.82) is 0 Å². The van der Waals surface area contributed by atoms with E-state index in [2.05, 4.69) is 10.4 Å². The number of nitrogens with one attached hydrogen (secondary N) is 1. The van der Waals surface area contributed by atoms with E-state index in [0.29, 0.717) is 5.56 Å². The molecule has 0 saturated carbocycles. The first-order valence-corrected chi connectivity index (χ1v) is 17.5. The molecule has 1 unspecified atom stereocenters. The summed E-state index contributed by atoms with van der Waals surface area (Å²) < 4.78 is 74.7. The van der Waals surface area contributed by atoms with E-state index in [1.54, 1.807) is 55.0 Å². The zero-order chi connectivity index (χ0) is 38.8. The predicted octanol–water partition coefficient (Wildman–Crippen LogP) is 5.69. The number of carbonyl (C=O) groups excluding carboxylic acids is 3. The Hall–Kier alpha value is -5.98. The van der Waals surface area contributed by atoms with Gasteiger partial charge in [0.1, 0.15) is 12.6 Å². The van der Waals surface area contributed by atoms with Crippen LogP contribution in [0.4, 0.5) is 18.0 Å². The number of rotatable bonds is 12. The molecule has 2 heterocycles. The summed E-state index contributed by atoms with van der Waals surface area (Å²) >= 11 is 0. The first kappa shape index (κ1) is 38.3. The third-order valence-corrected chi connectivity index (χ3v) is 9.65. The van der Waals surface area contributed by atoms with E-state index in [-0.39, 0.29) is 33.4 Å². The number of benzene rings is 3. The molecule has 280 valence electrons. The van der Waals surface area contributed by atoms with Crippen LogP contribution >= 0.6 is 0 Å². The Labute approximate surface area is 301 Å². The van der Waals surface area contributed by atoms with Gasteiger partial charge in [0.25, 0.3) is 21.8 Å². The number of likely N-dealkylation sites (N-methyl/N-ethyl adjacent to an activating group) is 1. The van der Waals surface area contributed by atoms with E-state index in [1.165, 1.54) is 38.2 Å². The van der Waals surface area contributed by atoms with Crippen molar-refractivity contribution in [3.8, 4) is 16.9 Å². The maximum atomic E-state index is 13.6. The maximum absolute atomic E-state index is 13.6. The SMILES string of the molecule is Cc1ccc(-c2cc(C(F)(F)F)nn2-c2ccc(S(=O)(=O)NC(=O)OC[C@H](C(C)C)N(C)/[N+]([O-])=N/OC(C)N3C(=O)c4ccccc4C3=O)cc2)cc1. The smallest absolute Gasteiger partial charge is 0.435 e. The largest absolute Gasteiger partial charge is 0.569 e. The van der Waals surface area contributed by atoms with Gasteiger partial charge in [-0.05, 0) is 62.2 Å². The number of nitrogens with zero attached hydrogens (tertiary/aromatic N) is 6. The predicted molar refractivity (Wildman–Crippen MR) is 180 cm³/mol. The van der Waals surface area contributed by atoms with Gasteiger partial charge in [-0.25, -0.2) is 27.5 Å². The molecule has 2 atom stereocenters. The molecular formula is C34H34F3N7O8S. The number of hydrazine groups is 1. The van der Waals surface area contributed by atoms with Crippen LogP contribution in [0.2, 0.25) is 0 Å². The minimum absolute atomic E-state index is 0.0282. The van der Waals surface area contributed by atoms with Crippen LogP contribution < -0.4 is 4.72 Å². The van der Waals surface area contributed by atoms with Gasteiger partial charge < -0.3 is 14.8 Å². The standard InChI is InChI=1S/C34H34F3N7O8S/c1-20(2)29(41(5)44(48)40-52-22(4)42-31(45)26-8-6-7-9-27(26)32(42)46)19-51-33(47)39-53(49,50)25-16-14-24(15-17-25)43-28(18-30(38-43)34(35,36)37)23-12-10-21(3)11-13-23/h6-18,20,22,29H,19H2,1-5H3,(H,39,47)/b44-40-/t22?,29-/m1/s1. The van der Waals surface area contributed by atoms with Gasteiger partial charge in [-0.1, -0.05) is 55.8 Å².